The van der Waals surface area contributed by atoms with Crippen molar-refractivity contribution in [3.63, 3.8) is 0 Å². The average molecular weight is 304 g/mol. The van der Waals surface area contributed by atoms with Gasteiger partial charge in [0.05, 0.1) is 5.54 Å². The Morgan fingerprint density at radius 3 is 2.36 bits per heavy atom. The highest BCUT2D eigenvalue weighted by Gasteiger charge is 2.39. The summed E-state index contributed by atoms with van der Waals surface area (Å²) >= 11 is 0. The quantitative estimate of drug-likeness (QED) is 0.930. The number of hydrogen-bond acceptors (Lipinski definition) is 3. The first-order valence-corrected chi connectivity index (χ1v) is 8.00. The Labute approximate surface area is 133 Å². The van der Waals surface area contributed by atoms with Gasteiger partial charge in [0.15, 0.2) is 0 Å². The van der Waals surface area contributed by atoms with Crippen LogP contribution in [0.2, 0.25) is 0 Å². The van der Waals surface area contributed by atoms with E-state index in [1.54, 1.807) is 0 Å². The second kappa shape index (κ2) is 6.80. The van der Waals surface area contributed by atoms with Crippen molar-refractivity contribution in [2.75, 3.05) is 19.8 Å². The van der Waals surface area contributed by atoms with Crippen LogP contribution in [0, 0.1) is 5.41 Å². The van der Waals surface area contributed by atoms with E-state index in [9.17, 15) is 4.79 Å². The van der Waals surface area contributed by atoms with E-state index in [0.29, 0.717) is 39.1 Å². The fourth-order valence-corrected chi connectivity index (χ4v) is 2.84. The van der Waals surface area contributed by atoms with Crippen molar-refractivity contribution in [3.05, 3.63) is 35.9 Å². The van der Waals surface area contributed by atoms with Gasteiger partial charge < -0.3 is 15.4 Å². The number of nitrogens with zero attached hydrogens (tertiary/aromatic N) is 1. The van der Waals surface area contributed by atoms with Crippen molar-refractivity contribution in [3.8, 4) is 0 Å². The minimum Gasteiger partial charge on any atom is -0.381 e. The number of hydrogen-bond donors (Lipinski definition) is 1. The highest BCUT2D eigenvalue weighted by atomic mass is 16.5. The van der Waals surface area contributed by atoms with Gasteiger partial charge in [0.1, 0.15) is 0 Å². The third-order valence-corrected chi connectivity index (χ3v) is 3.98. The van der Waals surface area contributed by atoms with Crippen molar-refractivity contribution in [1.29, 1.82) is 0 Å². The molecule has 4 nitrogen and oxygen atoms in total. The van der Waals surface area contributed by atoms with Gasteiger partial charge in [-0.2, -0.15) is 0 Å². The summed E-state index contributed by atoms with van der Waals surface area (Å²) in [5.41, 5.74) is 6.79. The fourth-order valence-electron chi connectivity index (χ4n) is 2.84. The Morgan fingerprint density at radius 2 is 1.82 bits per heavy atom. The zero-order chi connectivity index (χ0) is 16.2. The molecule has 1 aliphatic heterocycles. The fraction of sp³-hybridized carbons (Fsp3) is 0.611. The summed E-state index contributed by atoms with van der Waals surface area (Å²) < 4.78 is 5.36. The summed E-state index contributed by atoms with van der Waals surface area (Å²) in [5.74, 6) is 0.0505. The molecule has 0 atom stereocenters. The zero-order valence-corrected chi connectivity index (χ0v) is 14.0. The molecule has 1 heterocycles. The SMILES string of the molecule is CC(C)(C)CN(Cc1ccccc1)C(=O)C1(N)CCOCC1. The van der Waals surface area contributed by atoms with Crippen LogP contribution >= 0.6 is 0 Å². The third kappa shape index (κ3) is 4.55. The number of benzene rings is 1. The van der Waals surface area contributed by atoms with Crippen LogP contribution < -0.4 is 5.73 Å². The summed E-state index contributed by atoms with van der Waals surface area (Å²) in [7, 11) is 0. The van der Waals surface area contributed by atoms with Gasteiger partial charge in [-0.15, -0.1) is 0 Å². The lowest BCUT2D eigenvalue weighted by Gasteiger charge is -2.39. The number of rotatable bonds is 4. The van der Waals surface area contributed by atoms with E-state index < -0.39 is 5.54 Å². The second-order valence-electron chi connectivity index (χ2n) is 7.48. The van der Waals surface area contributed by atoms with Crippen LogP contribution in [0.25, 0.3) is 0 Å². The summed E-state index contributed by atoms with van der Waals surface area (Å²) in [6.45, 7) is 8.87. The molecule has 22 heavy (non-hydrogen) atoms. The van der Waals surface area contributed by atoms with E-state index in [1.165, 1.54) is 0 Å². The molecule has 1 aliphatic rings. The van der Waals surface area contributed by atoms with E-state index in [0.717, 1.165) is 5.56 Å². The molecule has 0 saturated carbocycles. The van der Waals surface area contributed by atoms with Crippen LogP contribution in [0.3, 0.4) is 0 Å². The molecule has 0 aromatic heterocycles. The van der Waals surface area contributed by atoms with Crippen LogP contribution in [-0.4, -0.2) is 36.1 Å². The molecular formula is C18H28N2O2. The van der Waals surface area contributed by atoms with Crippen molar-refractivity contribution < 1.29 is 9.53 Å². The molecule has 0 bridgehead atoms. The van der Waals surface area contributed by atoms with Gasteiger partial charge in [-0.3, -0.25) is 4.79 Å². The first kappa shape index (κ1) is 17.0. The van der Waals surface area contributed by atoms with Gasteiger partial charge in [-0.25, -0.2) is 0 Å². The average Bonchev–Trinajstić information content (AvgIpc) is 2.46. The Hall–Kier alpha value is -1.39. The molecule has 1 aromatic rings. The summed E-state index contributed by atoms with van der Waals surface area (Å²) in [6, 6.07) is 10.1. The van der Waals surface area contributed by atoms with Crippen LogP contribution in [0.5, 0.6) is 0 Å². The third-order valence-electron chi connectivity index (χ3n) is 3.98. The van der Waals surface area contributed by atoms with Crippen LogP contribution in [0.1, 0.15) is 39.2 Å². The molecule has 2 N–H and O–H groups in total. The first-order chi connectivity index (χ1) is 10.3. The smallest absolute Gasteiger partial charge is 0.243 e. The summed E-state index contributed by atoms with van der Waals surface area (Å²) in [4.78, 5) is 15.0. The number of nitrogens with two attached hydrogens (primary N) is 1. The normalized spacial score (nSPS) is 18.0. The molecule has 122 valence electrons. The monoisotopic (exact) mass is 304 g/mol. The first-order valence-electron chi connectivity index (χ1n) is 8.00. The molecule has 1 aromatic carbocycles. The lowest BCUT2D eigenvalue weighted by atomic mass is 9.88. The maximum atomic E-state index is 13.0. The Kier molecular flexibility index (Phi) is 5.24. The predicted octanol–water partition coefficient (Wildman–Crippen LogP) is 2.57. The van der Waals surface area contributed by atoms with Gasteiger partial charge in [0.2, 0.25) is 5.91 Å². The number of carbonyl (C=O) groups is 1. The Morgan fingerprint density at radius 1 is 1.23 bits per heavy atom. The topological polar surface area (TPSA) is 55.6 Å². The molecule has 1 amide bonds. The van der Waals surface area contributed by atoms with Gasteiger partial charge in [0.25, 0.3) is 0 Å². The summed E-state index contributed by atoms with van der Waals surface area (Å²) in [5, 5.41) is 0. The highest BCUT2D eigenvalue weighted by molar-refractivity contribution is 5.86. The largest absolute Gasteiger partial charge is 0.381 e. The molecule has 1 fully saturated rings. The molecule has 0 unspecified atom stereocenters. The van der Waals surface area contributed by atoms with E-state index >= 15 is 0 Å². The minimum absolute atomic E-state index is 0.0337. The van der Waals surface area contributed by atoms with Crippen LogP contribution in [-0.2, 0) is 16.1 Å². The van der Waals surface area contributed by atoms with E-state index in [2.05, 4.69) is 32.9 Å². The van der Waals surface area contributed by atoms with E-state index in [-0.39, 0.29) is 11.3 Å². The number of amides is 1. The Bertz CT molecular complexity index is 488. The highest BCUT2D eigenvalue weighted by Crippen LogP contribution is 2.25. The predicted molar refractivity (Wildman–Crippen MR) is 88.3 cm³/mol. The van der Waals surface area contributed by atoms with E-state index in [4.69, 9.17) is 10.5 Å². The van der Waals surface area contributed by atoms with Crippen molar-refractivity contribution in [2.24, 2.45) is 11.1 Å². The van der Waals surface area contributed by atoms with Crippen LogP contribution in [0.4, 0.5) is 0 Å². The zero-order valence-electron chi connectivity index (χ0n) is 14.0. The molecule has 0 radical (unpaired) electrons. The molecule has 1 saturated heterocycles. The Balaban J connectivity index is 2.17. The molecule has 4 heteroatoms. The van der Waals surface area contributed by atoms with Gasteiger partial charge in [-0.1, -0.05) is 51.1 Å². The van der Waals surface area contributed by atoms with Crippen molar-refractivity contribution in [2.45, 2.75) is 45.7 Å². The standard InChI is InChI=1S/C18H28N2O2/c1-17(2,3)14-20(13-15-7-5-4-6-8-15)16(21)18(19)9-11-22-12-10-18/h4-8H,9-14,19H2,1-3H3. The lowest BCUT2D eigenvalue weighted by Crippen LogP contribution is -2.58. The maximum Gasteiger partial charge on any atom is 0.243 e. The van der Waals surface area contributed by atoms with E-state index in [1.807, 2.05) is 23.1 Å². The molecular weight excluding hydrogens is 276 g/mol. The van der Waals surface area contributed by atoms with Gasteiger partial charge in [-0.05, 0) is 23.8 Å². The number of carbonyl (C=O) groups excluding carboxylic acids is 1. The molecule has 2 rings (SSSR count). The van der Waals surface area contributed by atoms with Crippen LogP contribution in [0.15, 0.2) is 30.3 Å². The van der Waals surface area contributed by atoms with Gasteiger partial charge >= 0.3 is 0 Å². The molecule has 0 aliphatic carbocycles. The van der Waals surface area contributed by atoms with Crippen molar-refractivity contribution in [1.82, 2.24) is 4.90 Å². The maximum absolute atomic E-state index is 13.0. The lowest BCUT2D eigenvalue weighted by molar-refractivity contribution is -0.142. The van der Waals surface area contributed by atoms with Gasteiger partial charge in [0, 0.05) is 26.3 Å². The molecule has 0 spiro atoms. The van der Waals surface area contributed by atoms with Crippen molar-refractivity contribution >= 4 is 5.91 Å². The number of ether oxygens (including phenoxy) is 1. The second-order valence-corrected chi connectivity index (χ2v) is 7.48. The summed E-state index contributed by atoms with van der Waals surface area (Å²) in [6.07, 6.45) is 1.20. The minimum atomic E-state index is -0.779.